The van der Waals surface area contributed by atoms with Gasteiger partial charge in [-0.15, -0.1) is 0 Å². The van der Waals surface area contributed by atoms with Crippen molar-refractivity contribution >= 4 is 54.2 Å². The van der Waals surface area contributed by atoms with Crippen LogP contribution in [0, 0.1) is 0 Å². The third kappa shape index (κ3) is 13.0. The summed E-state index contributed by atoms with van der Waals surface area (Å²) in [6, 6.07) is 7.26. The fourth-order valence-corrected chi connectivity index (χ4v) is 4.70. The predicted molar refractivity (Wildman–Crippen MR) is 164 cm³/mol. The fraction of sp³-hybridized carbons (Fsp3) is 0.600. The minimum Gasteiger partial charge on any atom is -0.781 e. The van der Waals surface area contributed by atoms with E-state index in [0.29, 0.717) is 0 Å². The summed E-state index contributed by atoms with van der Waals surface area (Å²) in [6.07, 6.45) is 0. The number of rotatable bonds is 6. The third-order valence-electron chi connectivity index (χ3n) is 6.28. The number of hydrogen-bond acceptors (Lipinski definition) is 8. The maximum atomic E-state index is 10.6. The van der Waals surface area contributed by atoms with Gasteiger partial charge in [-0.25, -0.2) is 0 Å². The van der Waals surface area contributed by atoms with E-state index in [1.807, 2.05) is 107 Å². The Kier molecular flexibility index (Phi) is 15.4. The molecule has 0 aromatic heterocycles. The molecule has 0 aliphatic heterocycles. The van der Waals surface area contributed by atoms with E-state index in [4.69, 9.17) is 9.05 Å². The largest absolute Gasteiger partial charge is 2.00 e. The fourth-order valence-electron chi connectivity index (χ4n) is 4.13. The molecule has 0 spiro atoms. The summed E-state index contributed by atoms with van der Waals surface area (Å²) in [5.41, 5.74) is 3.78. The second-order valence-corrected chi connectivity index (χ2v) is 15.7. The van der Waals surface area contributed by atoms with Gasteiger partial charge in [0.05, 0.1) is 13.2 Å². The van der Waals surface area contributed by atoms with Crippen LogP contribution in [0.1, 0.15) is 116 Å². The molecule has 0 aliphatic carbocycles. The van der Waals surface area contributed by atoms with Gasteiger partial charge in [-0.1, -0.05) is 83.1 Å². The molecule has 2 aromatic carbocycles. The second-order valence-electron chi connectivity index (χ2n) is 14.2. The SMILES string of the molecule is CC(C)(C)c1cc(CO[PH](=O)[O-])cc(C(C)(C)C)c1O.CC(C)(C)c1cc(CO[PH](=O)[O-])cc(C(C)(C)C)c1O.[Ca+2]. The standard InChI is InChI=1S/2C15H25O4P.Ca/c2*1-14(2,3)11-7-10(9-19-20(17)18)8-12(13(11)16)15(4,5)6;/h2*7-8,16,20H,9H2,1-6H3,(H,17,18);/q;;+2/p-2. The van der Waals surface area contributed by atoms with Crippen LogP contribution in [0.3, 0.4) is 0 Å². The van der Waals surface area contributed by atoms with Crippen molar-refractivity contribution in [3.63, 3.8) is 0 Å². The Morgan fingerprint density at radius 3 is 0.902 bits per heavy atom. The van der Waals surface area contributed by atoms with Crippen LogP contribution in [0.2, 0.25) is 0 Å². The van der Waals surface area contributed by atoms with Crippen LogP contribution in [-0.4, -0.2) is 48.0 Å². The van der Waals surface area contributed by atoms with Crippen molar-refractivity contribution in [2.24, 2.45) is 0 Å². The maximum Gasteiger partial charge on any atom is 2.00 e. The van der Waals surface area contributed by atoms with Crippen LogP contribution < -0.4 is 9.79 Å². The van der Waals surface area contributed by atoms with Crippen molar-refractivity contribution < 1.29 is 38.2 Å². The minimum atomic E-state index is -3.20. The van der Waals surface area contributed by atoms with E-state index < -0.39 is 16.5 Å². The first-order valence-corrected chi connectivity index (χ1v) is 15.7. The molecule has 0 heterocycles. The van der Waals surface area contributed by atoms with Gasteiger partial charge in [0.1, 0.15) is 28.0 Å². The number of aromatic hydroxyl groups is 2. The molecule has 228 valence electrons. The van der Waals surface area contributed by atoms with Crippen LogP contribution in [0.15, 0.2) is 24.3 Å². The van der Waals surface area contributed by atoms with Crippen molar-refractivity contribution in [2.45, 2.75) is 118 Å². The van der Waals surface area contributed by atoms with Gasteiger partial charge in [-0.2, -0.15) is 0 Å². The van der Waals surface area contributed by atoms with E-state index in [1.54, 1.807) is 0 Å². The monoisotopic (exact) mass is 638 g/mol. The van der Waals surface area contributed by atoms with Crippen LogP contribution in [-0.2, 0) is 53.1 Å². The van der Waals surface area contributed by atoms with Gasteiger partial charge in [0.2, 0.25) is 0 Å². The number of hydrogen-bond donors (Lipinski definition) is 2. The smallest absolute Gasteiger partial charge is 0.781 e. The number of phenols is 2. The molecule has 41 heavy (non-hydrogen) atoms. The summed E-state index contributed by atoms with van der Waals surface area (Å²) >= 11 is 0. The molecule has 0 amide bonds. The van der Waals surface area contributed by atoms with Crippen molar-refractivity contribution in [3.05, 3.63) is 57.6 Å². The first kappa shape index (κ1) is 40.6. The number of benzene rings is 2. The Balaban J connectivity index is 0.000000762. The van der Waals surface area contributed by atoms with Crippen LogP contribution >= 0.6 is 16.5 Å². The molecule has 11 heteroatoms. The van der Waals surface area contributed by atoms with E-state index in [-0.39, 0.29) is 84.1 Å². The van der Waals surface area contributed by atoms with Gasteiger partial charge in [0.25, 0.3) is 0 Å². The molecular weight excluding hydrogens is 590 g/mol. The van der Waals surface area contributed by atoms with E-state index in [2.05, 4.69) is 0 Å². The van der Waals surface area contributed by atoms with Crippen LogP contribution in [0.25, 0.3) is 0 Å². The van der Waals surface area contributed by atoms with E-state index in [1.165, 1.54) is 0 Å². The molecule has 2 N–H and O–H groups in total. The zero-order valence-corrected chi connectivity index (χ0v) is 31.0. The average Bonchev–Trinajstić information content (AvgIpc) is 2.74. The quantitative estimate of drug-likeness (QED) is 0.285. The van der Waals surface area contributed by atoms with Crippen LogP contribution in [0.4, 0.5) is 0 Å². The van der Waals surface area contributed by atoms with Crippen molar-refractivity contribution in [1.29, 1.82) is 0 Å². The molecule has 0 fully saturated rings. The molecular formula is C30H48CaO8P2. The Bertz CT molecular complexity index is 1050. The van der Waals surface area contributed by atoms with Crippen molar-refractivity contribution in [1.82, 2.24) is 0 Å². The van der Waals surface area contributed by atoms with Crippen LogP contribution in [0.5, 0.6) is 11.5 Å². The first-order chi connectivity index (χ1) is 17.9. The minimum absolute atomic E-state index is 0. The molecule has 0 aliphatic rings. The topological polar surface area (TPSA) is 139 Å². The second kappa shape index (κ2) is 15.5. The molecule has 0 saturated heterocycles. The predicted octanol–water partition coefficient (Wildman–Crippen LogP) is 6.13. The molecule has 2 aromatic rings. The van der Waals surface area contributed by atoms with E-state index in [0.717, 1.165) is 33.4 Å². The third-order valence-corrected chi connectivity index (χ3v) is 7.04. The summed E-state index contributed by atoms with van der Waals surface area (Å²) in [5, 5.41) is 21.0. The van der Waals surface area contributed by atoms with E-state index >= 15 is 0 Å². The summed E-state index contributed by atoms with van der Waals surface area (Å²) in [5.74, 6) is 0.562. The summed E-state index contributed by atoms with van der Waals surface area (Å²) in [7, 11) is -6.40. The molecule has 0 bridgehead atoms. The first-order valence-electron chi connectivity index (χ1n) is 13.3. The van der Waals surface area contributed by atoms with E-state index in [9.17, 15) is 29.1 Å². The van der Waals surface area contributed by atoms with Crippen molar-refractivity contribution in [3.8, 4) is 11.5 Å². The molecule has 2 atom stereocenters. The Labute approximate surface area is 277 Å². The molecule has 2 unspecified atom stereocenters. The van der Waals surface area contributed by atoms with Crippen molar-refractivity contribution in [2.75, 3.05) is 0 Å². The zero-order valence-electron chi connectivity index (χ0n) is 26.8. The molecule has 0 radical (unpaired) electrons. The van der Waals surface area contributed by atoms with Gasteiger partial charge in [-0.05, 0) is 79.3 Å². The summed E-state index contributed by atoms with van der Waals surface area (Å²) < 4.78 is 30.6. The van der Waals surface area contributed by atoms with Gasteiger partial charge in [0.15, 0.2) is 0 Å². The summed E-state index contributed by atoms with van der Waals surface area (Å²) in [6.45, 7) is 24.1. The zero-order chi connectivity index (χ0) is 31.4. The van der Waals surface area contributed by atoms with Gasteiger partial charge in [-0.3, -0.25) is 0 Å². The molecule has 8 nitrogen and oxygen atoms in total. The Morgan fingerprint density at radius 2 is 0.756 bits per heavy atom. The average molecular weight is 639 g/mol. The summed E-state index contributed by atoms with van der Waals surface area (Å²) in [4.78, 5) is 21.2. The maximum absolute atomic E-state index is 10.6. The van der Waals surface area contributed by atoms with Gasteiger partial charge in [0, 0.05) is 0 Å². The Morgan fingerprint density at radius 1 is 0.561 bits per heavy atom. The Hall–Kier alpha value is -0.400. The molecule has 2 rings (SSSR count). The normalized spacial score (nSPS) is 14.0. The molecule has 0 saturated carbocycles. The van der Waals surface area contributed by atoms with Gasteiger partial charge >= 0.3 is 37.7 Å². The van der Waals surface area contributed by atoms with Gasteiger partial charge < -0.3 is 38.2 Å². The number of phenolic OH excluding ortho intramolecular Hbond substituents is 2.